The number of aliphatic hydroxyl groups is 1. The number of rotatable bonds is 4. The van der Waals surface area contributed by atoms with Crippen molar-refractivity contribution in [2.75, 3.05) is 26.8 Å². The van der Waals surface area contributed by atoms with E-state index in [1.165, 1.54) is 12.0 Å². The minimum atomic E-state index is -5.09. The SMILES string of the molecule is COC(=O)N1CCOC(Cc2c(-c3c(F)cc(C(O)C(F)(F)F)cc3F)nc3cc(C)ccn23)C1. The molecule has 4 rings (SSSR count). The van der Waals surface area contributed by atoms with E-state index in [-0.39, 0.29) is 25.3 Å². The van der Waals surface area contributed by atoms with Crippen LogP contribution in [0.4, 0.5) is 26.7 Å². The van der Waals surface area contributed by atoms with E-state index >= 15 is 8.78 Å². The molecule has 0 spiro atoms. The summed E-state index contributed by atoms with van der Waals surface area (Å²) >= 11 is 0. The lowest BCUT2D eigenvalue weighted by atomic mass is 10.0. The predicted octanol–water partition coefficient (Wildman–Crippen LogP) is 4.19. The zero-order chi connectivity index (χ0) is 25.5. The molecule has 35 heavy (non-hydrogen) atoms. The Bertz CT molecular complexity index is 1240. The largest absolute Gasteiger partial charge is 0.453 e. The van der Waals surface area contributed by atoms with Gasteiger partial charge < -0.3 is 23.9 Å². The molecule has 1 aliphatic rings. The molecule has 1 aliphatic heterocycles. The number of carbonyl (C=O) groups excluding carboxylic acids is 1. The molecule has 2 unspecified atom stereocenters. The summed E-state index contributed by atoms with van der Waals surface area (Å²) in [6.45, 7) is 2.50. The van der Waals surface area contributed by atoms with Gasteiger partial charge in [-0.2, -0.15) is 13.2 Å². The monoisotopic (exact) mass is 499 g/mol. The van der Waals surface area contributed by atoms with Crippen LogP contribution in [-0.2, 0) is 15.9 Å². The Morgan fingerprint density at radius 1 is 1.29 bits per heavy atom. The summed E-state index contributed by atoms with van der Waals surface area (Å²) in [5.41, 5.74) is -0.150. The number of imidazole rings is 1. The van der Waals surface area contributed by atoms with Gasteiger partial charge >= 0.3 is 12.3 Å². The first-order valence-corrected chi connectivity index (χ1v) is 10.7. The molecular weight excluding hydrogens is 477 g/mol. The van der Waals surface area contributed by atoms with Gasteiger partial charge in [-0.25, -0.2) is 18.6 Å². The van der Waals surface area contributed by atoms with Crippen molar-refractivity contribution < 1.29 is 41.3 Å². The number of hydrogen-bond acceptors (Lipinski definition) is 5. The highest BCUT2D eigenvalue weighted by molar-refractivity contribution is 5.69. The molecule has 12 heteroatoms. The van der Waals surface area contributed by atoms with Crippen molar-refractivity contribution in [1.82, 2.24) is 14.3 Å². The lowest BCUT2D eigenvalue weighted by molar-refractivity contribution is -0.206. The van der Waals surface area contributed by atoms with Crippen molar-refractivity contribution in [3.05, 3.63) is 58.9 Å². The summed E-state index contributed by atoms with van der Waals surface area (Å²) in [6.07, 6.45) is -7.46. The molecule has 1 saturated heterocycles. The molecule has 1 amide bonds. The van der Waals surface area contributed by atoms with Crippen LogP contribution >= 0.6 is 0 Å². The average molecular weight is 499 g/mol. The number of methoxy groups -OCH3 is 1. The highest BCUT2D eigenvalue weighted by Crippen LogP contribution is 2.37. The smallest absolute Gasteiger partial charge is 0.418 e. The molecule has 0 radical (unpaired) electrons. The maximum atomic E-state index is 15.1. The minimum Gasteiger partial charge on any atom is -0.453 e. The van der Waals surface area contributed by atoms with E-state index in [0.29, 0.717) is 30.0 Å². The molecule has 0 bridgehead atoms. The van der Waals surface area contributed by atoms with Crippen LogP contribution in [0.15, 0.2) is 30.5 Å². The van der Waals surface area contributed by atoms with Gasteiger partial charge in [0.05, 0.1) is 43.3 Å². The van der Waals surface area contributed by atoms with E-state index in [2.05, 4.69) is 4.98 Å². The molecule has 188 valence electrons. The lowest BCUT2D eigenvalue weighted by Gasteiger charge is -2.32. The van der Waals surface area contributed by atoms with Gasteiger partial charge in [-0.3, -0.25) is 0 Å². The summed E-state index contributed by atoms with van der Waals surface area (Å²) in [4.78, 5) is 17.7. The average Bonchev–Trinajstić information content (AvgIpc) is 3.13. The number of halogens is 5. The number of benzene rings is 1. The number of hydrogen-bond donors (Lipinski definition) is 1. The zero-order valence-electron chi connectivity index (χ0n) is 18.8. The maximum Gasteiger partial charge on any atom is 0.418 e. The first kappa shape index (κ1) is 24.9. The Balaban J connectivity index is 1.79. The molecule has 1 N–H and O–H groups in total. The third-order valence-corrected chi connectivity index (χ3v) is 5.80. The number of morpholine rings is 1. The lowest BCUT2D eigenvalue weighted by Crippen LogP contribution is -2.46. The number of carbonyl (C=O) groups is 1. The summed E-state index contributed by atoms with van der Waals surface area (Å²) < 4.78 is 80.9. The fourth-order valence-corrected chi connectivity index (χ4v) is 4.11. The predicted molar refractivity (Wildman–Crippen MR) is 114 cm³/mol. The Morgan fingerprint density at radius 3 is 2.60 bits per heavy atom. The van der Waals surface area contributed by atoms with Crippen LogP contribution in [0.3, 0.4) is 0 Å². The van der Waals surface area contributed by atoms with Crippen molar-refractivity contribution in [3.8, 4) is 11.3 Å². The van der Waals surface area contributed by atoms with Crippen LogP contribution in [0.25, 0.3) is 16.9 Å². The topological polar surface area (TPSA) is 76.3 Å². The highest BCUT2D eigenvalue weighted by Gasteiger charge is 2.40. The van der Waals surface area contributed by atoms with Gasteiger partial charge in [0, 0.05) is 19.2 Å². The van der Waals surface area contributed by atoms with Crippen molar-refractivity contribution in [2.45, 2.75) is 31.7 Å². The maximum absolute atomic E-state index is 15.1. The molecule has 3 heterocycles. The highest BCUT2D eigenvalue weighted by atomic mass is 19.4. The van der Waals surface area contributed by atoms with Crippen LogP contribution in [0.1, 0.15) is 22.9 Å². The van der Waals surface area contributed by atoms with E-state index in [4.69, 9.17) is 9.47 Å². The third-order valence-electron chi connectivity index (χ3n) is 5.80. The van der Waals surface area contributed by atoms with E-state index < -0.39 is 47.2 Å². The van der Waals surface area contributed by atoms with Gasteiger partial charge in [0.1, 0.15) is 17.3 Å². The number of fused-ring (bicyclic) bond motifs is 1. The van der Waals surface area contributed by atoms with Gasteiger partial charge in [-0.15, -0.1) is 0 Å². The van der Waals surface area contributed by atoms with E-state index in [9.17, 15) is 23.1 Å². The number of pyridine rings is 1. The number of aromatic nitrogens is 2. The van der Waals surface area contributed by atoms with Crippen molar-refractivity contribution in [3.63, 3.8) is 0 Å². The van der Waals surface area contributed by atoms with Gasteiger partial charge in [-0.05, 0) is 42.3 Å². The standard InChI is InChI=1S/C23H22F5N3O4/c1-12-3-4-31-17(10-14-11-30(5-6-35-14)22(33)34-2)20(29-18(31)7-12)19-15(24)8-13(9-16(19)25)21(32)23(26,27)28/h3-4,7-9,14,21,32H,5-6,10-11H2,1-2H3. The quantitative estimate of drug-likeness (QED) is 0.545. The molecule has 7 nitrogen and oxygen atoms in total. The second-order valence-electron chi connectivity index (χ2n) is 8.26. The third kappa shape index (κ3) is 4.94. The Hall–Kier alpha value is -3.25. The second-order valence-corrected chi connectivity index (χ2v) is 8.26. The van der Waals surface area contributed by atoms with Gasteiger partial charge in [0.15, 0.2) is 6.10 Å². The first-order valence-electron chi connectivity index (χ1n) is 10.7. The molecule has 1 fully saturated rings. The fourth-order valence-electron chi connectivity index (χ4n) is 4.11. The molecule has 3 aromatic rings. The second kappa shape index (κ2) is 9.42. The van der Waals surface area contributed by atoms with E-state index in [1.54, 1.807) is 29.7 Å². The Kier molecular flexibility index (Phi) is 6.69. The number of alkyl halides is 3. The Labute approximate surface area is 196 Å². The van der Waals surface area contributed by atoms with Crippen LogP contribution in [0, 0.1) is 18.6 Å². The molecule has 0 saturated carbocycles. The van der Waals surface area contributed by atoms with Crippen molar-refractivity contribution in [1.29, 1.82) is 0 Å². The first-order chi connectivity index (χ1) is 16.5. The molecule has 2 atom stereocenters. The van der Waals surface area contributed by atoms with Gasteiger partial charge in [0.2, 0.25) is 0 Å². The molecule has 2 aromatic heterocycles. The summed E-state index contributed by atoms with van der Waals surface area (Å²) in [5.74, 6) is -2.60. The zero-order valence-corrected chi connectivity index (χ0v) is 18.8. The van der Waals surface area contributed by atoms with E-state index in [0.717, 1.165) is 5.56 Å². The summed E-state index contributed by atoms with van der Waals surface area (Å²) in [7, 11) is 1.25. The van der Waals surface area contributed by atoms with Crippen LogP contribution < -0.4 is 0 Å². The van der Waals surface area contributed by atoms with Crippen LogP contribution in [0.2, 0.25) is 0 Å². The minimum absolute atomic E-state index is 0.0961. The number of amides is 1. The van der Waals surface area contributed by atoms with Crippen molar-refractivity contribution >= 4 is 11.7 Å². The normalized spacial score (nSPS) is 17.6. The van der Waals surface area contributed by atoms with Crippen LogP contribution in [-0.4, -0.2) is 64.6 Å². The van der Waals surface area contributed by atoms with Gasteiger partial charge in [-0.1, -0.05) is 0 Å². The number of ether oxygens (including phenoxy) is 2. The Morgan fingerprint density at radius 2 is 1.97 bits per heavy atom. The fraction of sp³-hybridized carbons (Fsp3) is 0.391. The molecule has 0 aliphatic carbocycles. The summed E-state index contributed by atoms with van der Waals surface area (Å²) in [6, 6.07) is 4.35. The summed E-state index contributed by atoms with van der Waals surface area (Å²) in [5, 5.41) is 9.44. The molecular formula is C23H22F5N3O4. The number of aliphatic hydroxyl groups excluding tert-OH is 1. The van der Waals surface area contributed by atoms with Crippen molar-refractivity contribution in [2.24, 2.45) is 0 Å². The van der Waals surface area contributed by atoms with Crippen LogP contribution in [0.5, 0.6) is 0 Å². The molecule has 1 aromatic carbocycles. The van der Waals surface area contributed by atoms with E-state index in [1.807, 2.05) is 0 Å². The number of aryl methyl sites for hydroxylation is 1. The number of nitrogens with zero attached hydrogens (tertiary/aromatic N) is 3. The van der Waals surface area contributed by atoms with Gasteiger partial charge in [0.25, 0.3) is 0 Å².